The number of unbranched alkanes of at least 4 members (excludes halogenated alkanes) is 1. The van der Waals surface area contributed by atoms with E-state index in [9.17, 15) is 0 Å². The summed E-state index contributed by atoms with van der Waals surface area (Å²) in [6, 6.07) is 7.92. The van der Waals surface area contributed by atoms with Crippen molar-refractivity contribution in [2.75, 3.05) is 12.4 Å². The lowest BCUT2D eigenvalue weighted by atomic mass is 10.2. The number of nitrogens with one attached hydrogen (secondary N) is 1. The second-order valence-corrected chi connectivity index (χ2v) is 4.28. The molecule has 6 heteroatoms. The first-order valence-electron chi connectivity index (χ1n) is 6.46. The first-order chi connectivity index (χ1) is 9.33. The van der Waals surface area contributed by atoms with Crippen LogP contribution in [-0.4, -0.2) is 27.3 Å². The molecular formula is C13H19N5O. The molecule has 1 aromatic heterocycles. The minimum absolute atomic E-state index is 0.691. The van der Waals surface area contributed by atoms with Crippen molar-refractivity contribution in [1.82, 2.24) is 20.2 Å². The van der Waals surface area contributed by atoms with Crippen LogP contribution in [0.25, 0.3) is 0 Å². The lowest BCUT2D eigenvalue weighted by molar-refractivity contribution is 0.414. The van der Waals surface area contributed by atoms with E-state index in [1.54, 1.807) is 11.8 Å². The van der Waals surface area contributed by atoms with Crippen LogP contribution in [0.2, 0.25) is 0 Å². The average molecular weight is 261 g/mol. The normalized spacial score (nSPS) is 10.4. The van der Waals surface area contributed by atoms with Gasteiger partial charge in [-0.15, -0.1) is 0 Å². The number of rotatable bonds is 7. The summed E-state index contributed by atoms with van der Waals surface area (Å²) in [6.07, 6.45) is 2.19. The highest BCUT2D eigenvalue weighted by molar-refractivity contribution is 5.30. The molecule has 0 bridgehead atoms. The molecule has 0 aliphatic rings. The zero-order chi connectivity index (χ0) is 13.5. The molecule has 0 unspecified atom stereocenters. The summed E-state index contributed by atoms with van der Waals surface area (Å²) in [7, 11) is 1.66. The van der Waals surface area contributed by atoms with Crippen LogP contribution in [0, 0.1) is 0 Å². The standard InChI is InChI=1S/C13H19N5O/c1-3-4-9-18-13(15-16-17-18)14-10-11-5-7-12(19-2)8-6-11/h5-8H,3-4,9-10H2,1-2H3,(H,14,15,17). The van der Waals surface area contributed by atoms with Crippen molar-refractivity contribution in [3.05, 3.63) is 29.8 Å². The third-order valence-corrected chi connectivity index (χ3v) is 2.87. The third-order valence-electron chi connectivity index (χ3n) is 2.87. The molecule has 0 saturated carbocycles. The average Bonchev–Trinajstić information content (AvgIpc) is 2.91. The number of hydrogen-bond acceptors (Lipinski definition) is 5. The first kappa shape index (κ1) is 13.3. The molecule has 0 radical (unpaired) electrons. The number of ether oxygens (including phenoxy) is 1. The number of hydrogen-bond donors (Lipinski definition) is 1. The number of nitrogens with zero attached hydrogens (tertiary/aromatic N) is 4. The number of aromatic nitrogens is 4. The van der Waals surface area contributed by atoms with Crippen LogP contribution in [0.1, 0.15) is 25.3 Å². The Morgan fingerprint density at radius 2 is 2.05 bits per heavy atom. The van der Waals surface area contributed by atoms with Crippen LogP contribution in [0.15, 0.2) is 24.3 Å². The maximum atomic E-state index is 5.13. The minimum Gasteiger partial charge on any atom is -0.497 e. The molecule has 1 heterocycles. The molecule has 0 amide bonds. The van der Waals surface area contributed by atoms with E-state index in [-0.39, 0.29) is 0 Å². The van der Waals surface area contributed by atoms with Crippen molar-refractivity contribution >= 4 is 5.95 Å². The van der Waals surface area contributed by atoms with Gasteiger partial charge in [0.15, 0.2) is 0 Å². The van der Waals surface area contributed by atoms with Gasteiger partial charge in [-0.2, -0.15) is 0 Å². The third kappa shape index (κ3) is 3.67. The van der Waals surface area contributed by atoms with Gasteiger partial charge >= 0.3 is 0 Å². The Hall–Kier alpha value is -2.11. The zero-order valence-electron chi connectivity index (χ0n) is 11.3. The highest BCUT2D eigenvalue weighted by Crippen LogP contribution is 2.12. The molecule has 102 valence electrons. The highest BCUT2D eigenvalue weighted by Gasteiger charge is 2.04. The van der Waals surface area contributed by atoms with Gasteiger partial charge in [-0.3, -0.25) is 0 Å². The molecule has 2 rings (SSSR count). The van der Waals surface area contributed by atoms with E-state index in [4.69, 9.17) is 4.74 Å². The number of tetrazole rings is 1. The van der Waals surface area contributed by atoms with Gasteiger partial charge in [0.2, 0.25) is 5.95 Å². The van der Waals surface area contributed by atoms with Gasteiger partial charge < -0.3 is 10.1 Å². The second-order valence-electron chi connectivity index (χ2n) is 4.28. The molecule has 19 heavy (non-hydrogen) atoms. The molecule has 0 saturated heterocycles. The van der Waals surface area contributed by atoms with Gasteiger partial charge in [0.05, 0.1) is 7.11 Å². The SMILES string of the molecule is CCCCn1nnnc1NCc1ccc(OC)cc1. The van der Waals surface area contributed by atoms with Crippen molar-refractivity contribution in [3.63, 3.8) is 0 Å². The number of anilines is 1. The van der Waals surface area contributed by atoms with E-state index < -0.39 is 0 Å². The lowest BCUT2D eigenvalue weighted by Crippen LogP contribution is -2.09. The Morgan fingerprint density at radius 3 is 2.74 bits per heavy atom. The van der Waals surface area contributed by atoms with Crippen molar-refractivity contribution in [2.24, 2.45) is 0 Å². The van der Waals surface area contributed by atoms with E-state index in [2.05, 4.69) is 27.8 Å². The summed E-state index contributed by atoms with van der Waals surface area (Å²) in [5, 5.41) is 14.9. The molecule has 0 aliphatic carbocycles. The van der Waals surface area contributed by atoms with Crippen molar-refractivity contribution in [3.8, 4) is 5.75 Å². The van der Waals surface area contributed by atoms with Crippen LogP contribution < -0.4 is 10.1 Å². The van der Waals surface area contributed by atoms with Crippen molar-refractivity contribution < 1.29 is 4.74 Å². The Balaban J connectivity index is 1.92. The first-order valence-corrected chi connectivity index (χ1v) is 6.46. The van der Waals surface area contributed by atoms with Gasteiger partial charge in [0.1, 0.15) is 5.75 Å². The number of methoxy groups -OCH3 is 1. The van der Waals surface area contributed by atoms with Crippen LogP contribution in [0.3, 0.4) is 0 Å². The van der Waals surface area contributed by atoms with Crippen LogP contribution in [0.5, 0.6) is 5.75 Å². The lowest BCUT2D eigenvalue weighted by Gasteiger charge is -2.07. The minimum atomic E-state index is 0.691. The predicted molar refractivity (Wildman–Crippen MR) is 73.0 cm³/mol. The summed E-state index contributed by atoms with van der Waals surface area (Å²) < 4.78 is 6.92. The summed E-state index contributed by atoms with van der Waals surface area (Å²) in [5.41, 5.74) is 1.16. The molecular weight excluding hydrogens is 242 g/mol. The van der Waals surface area contributed by atoms with E-state index in [1.807, 2.05) is 24.3 Å². The van der Waals surface area contributed by atoms with E-state index >= 15 is 0 Å². The molecule has 0 fully saturated rings. The monoisotopic (exact) mass is 261 g/mol. The largest absolute Gasteiger partial charge is 0.497 e. The Kier molecular flexibility index (Phi) is 4.72. The Labute approximate surface area is 112 Å². The quantitative estimate of drug-likeness (QED) is 0.826. The summed E-state index contributed by atoms with van der Waals surface area (Å²) >= 11 is 0. The second kappa shape index (κ2) is 6.72. The Bertz CT molecular complexity index is 494. The Morgan fingerprint density at radius 1 is 1.26 bits per heavy atom. The van der Waals surface area contributed by atoms with Crippen LogP contribution in [0.4, 0.5) is 5.95 Å². The maximum absolute atomic E-state index is 5.13. The number of benzene rings is 1. The molecule has 2 aromatic rings. The molecule has 1 aromatic carbocycles. The molecule has 0 aliphatic heterocycles. The molecule has 0 atom stereocenters. The zero-order valence-corrected chi connectivity index (χ0v) is 11.3. The summed E-state index contributed by atoms with van der Waals surface area (Å²) in [5.74, 6) is 1.57. The molecule has 0 spiro atoms. The van der Waals surface area contributed by atoms with Crippen molar-refractivity contribution in [1.29, 1.82) is 0 Å². The summed E-state index contributed by atoms with van der Waals surface area (Å²) in [4.78, 5) is 0. The molecule has 6 nitrogen and oxygen atoms in total. The van der Waals surface area contributed by atoms with Gasteiger partial charge in [0, 0.05) is 13.1 Å². The topological polar surface area (TPSA) is 64.9 Å². The van der Waals surface area contributed by atoms with Crippen LogP contribution >= 0.6 is 0 Å². The maximum Gasteiger partial charge on any atom is 0.243 e. The van der Waals surface area contributed by atoms with Gasteiger partial charge in [-0.1, -0.05) is 30.6 Å². The highest BCUT2D eigenvalue weighted by atomic mass is 16.5. The smallest absolute Gasteiger partial charge is 0.243 e. The van der Waals surface area contributed by atoms with Crippen molar-refractivity contribution in [2.45, 2.75) is 32.9 Å². The van der Waals surface area contributed by atoms with Gasteiger partial charge in [-0.05, 0) is 34.5 Å². The summed E-state index contributed by atoms with van der Waals surface area (Å²) in [6.45, 7) is 3.68. The fourth-order valence-electron chi connectivity index (χ4n) is 1.71. The van der Waals surface area contributed by atoms with E-state index in [0.717, 1.165) is 30.7 Å². The van der Waals surface area contributed by atoms with Gasteiger partial charge in [0.25, 0.3) is 0 Å². The van der Waals surface area contributed by atoms with E-state index in [0.29, 0.717) is 12.5 Å². The van der Waals surface area contributed by atoms with Gasteiger partial charge in [-0.25, -0.2) is 4.68 Å². The predicted octanol–water partition coefficient (Wildman–Crippen LogP) is 2.09. The fourth-order valence-corrected chi connectivity index (χ4v) is 1.71. The number of aryl methyl sites for hydroxylation is 1. The van der Waals surface area contributed by atoms with E-state index in [1.165, 1.54) is 0 Å². The van der Waals surface area contributed by atoms with Crippen LogP contribution in [-0.2, 0) is 13.1 Å². The fraction of sp³-hybridized carbons (Fsp3) is 0.462. The molecule has 1 N–H and O–H groups in total.